The standard InChI is InChI=1S/C22H28FN3O3.CH4O/c1-17(28)25-21(12-19-11-20(23)14-22(29)13-19)7-8-24-9-10-26(16-27)15-18-5-3-2-4-6-18;1-2/h2-6,11,13-14,16,21,24,29H,7-10,12,15H2,1H3,(H,25,28);2H,1H3/t21-;/m1./s1. The number of aliphatic hydroxyl groups is 1. The highest BCUT2D eigenvalue weighted by Gasteiger charge is 2.12. The first-order chi connectivity index (χ1) is 15.0. The Bertz CT molecular complexity index is 769. The minimum atomic E-state index is -0.507. The average molecular weight is 434 g/mol. The molecule has 2 rings (SSSR count). The second-order valence-corrected chi connectivity index (χ2v) is 7.02. The summed E-state index contributed by atoms with van der Waals surface area (Å²) in [7, 11) is 1.00. The third-order valence-electron chi connectivity index (χ3n) is 4.45. The van der Waals surface area contributed by atoms with E-state index in [-0.39, 0.29) is 17.7 Å². The van der Waals surface area contributed by atoms with E-state index in [2.05, 4.69) is 10.6 Å². The number of phenolic OH excluding ortho intramolecular Hbond substituents is 1. The molecule has 31 heavy (non-hydrogen) atoms. The van der Waals surface area contributed by atoms with Crippen LogP contribution < -0.4 is 10.6 Å². The lowest BCUT2D eigenvalue weighted by molar-refractivity contribution is -0.120. The van der Waals surface area contributed by atoms with Gasteiger partial charge in [0.2, 0.25) is 12.3 Å². The molecule has 2 aromatic carbocycles. The quantitative estimate of drug-likeness (QED) is 0.302. The molecule has 0 unspecified atom stereocenters. The predicted molar refractivity (Wildman–Crippen MR) is 118 cm³/mol. The second-order valence-electron chi connectivity index (χ2n) is 7.02. The number of benzene rings is 2. The fraction of sp³-hybridized carbons (Fsp3) is 0.391. The van der Waals surface area contributed by atoms with E-state index in [1.54, 1.807) is 4.90 Å². The molecule has 4 N–H and O–H groups in total. The highest BCUT2D eigenvalue weighted by molar-refractivity contribution is 5.73. The summed E-state index contributed by atoms with van der Waals surface area (Å²) in [5, 5.41) is 22.7. The molecule has 0 saturated heterocycles. The number of phenols is 1. The van der Waals surface area contributed by atoms with Crippen molar-refractivity contribution in [2.45, 2.75) is 32.4 Å². The van der Waals surface area contributed by atoms with Gasteiger partial charge < -0.3 is 25.7 Å². The van der Waals surface area contributed by atoms with Crippen LogP contribution >= 0.6 is 0 Å². The van der Waals surface area contributed by atoms with Crippen LogP contribution in [0.1, 0.15) is 24.5 Å². The number of aromatic hydroxyl groups is 1. The van der Waals surface area contributed by atoms with Gasteiger partial charge in [-0.3, -0.25) is 9.59 Å². The Morgan fingerprint density at radius 2 is 1.84 bits per heavy atom. The van der Waals surface area contributed by atoms with Gasteiger partial charge in [0.15, 0.2) is 0 Å². The van der Waals surface area contributed by atoms with Gasteiger partial charge in [-0.05, 0) is 42.6 Å². The molecule has 0 spiro atoms. The maximum atomic E-state index is 13.5. The SMILES string of the molecule is CC(=O)N[C@H](CCNCCN(C=O)Cc1ccccc1)Cc1cc(O)cc(F)c1.CO. The number of hydrogen-bond donors (Lipinski definition) is 4. The van der Waals surface area contributed by atoms with Crippen molar-refractivity contribution in [2.75, 3.05) is 26.7 Å². The average Bonchev–Trinajstić information content (AvgIpc) is 2.73. The van der Waals surface area contributed by atoms with Gasteiger partial charge in [-0.15, -0.1) is 0 Å². The Kier molecular flexibility index (Phi) is 12.5. The fourth-order valence-corrected chi connectivity index (χ4v) is 3.16. The number of carbonyl (C=O) groups is 2. The van der Waals surface area contributed by atoms with E-state index in [9.17, 15) is 19.1 Å². The molecular formula is C23H32FN3O4. The molecule has 0 radical (unpaired) electrons. The highest BCUT2D eigenvalue weighted by Crippen LogP contribution is 2.16. The van der Waals surface area contributed by atoms with Crippen LogP contribution in [0.15, 0.2) is 48.5 Å². The van der Waals surface area contributed by atoms with Gasteiger partial charge in [-0.2, -0.15) is 0 Å². The van der Waals surface area contributed by atoms with Crippen LogP contribution in [0.3, 0.4) is 0 Å². The summed E-state index contributed by atoms with van der Waals surface area (Å²) >= 11 is 0. The lowest BCUT2D eigenvalue weighted by Gasteiger charge is -2.20. The number of rotatable bonds is 12. The zero-order chi connectivity index (χ0) is 23.1. The van der Waals surface area contributed by atoms with Crippen LogP contribution in [0.2, 0.25) is 0 Å². The monoisotopic (exact) mass is 433 g/mol. The Morgan fingerprint density at radius 1 is 1.13 bits per heavy atom. The summed E-state index contributed by atoms with van der Waals surface area (Å²) in [6.07, 6.45) is 1.89. The molecular weight excluding hydrogens is 401 g/mol. The molecule has 0 heterocycles. The van der Waals surface area contributed by atoms with Gasteiger partial charge in [0.25, 0.3) is 0 Å². The minimum absolute atomic E-state index is 0.132. The maximum Gasteiger partial charge on any atom is 0.217 e. The first-order valence-electron chi connectivity index (χ1n) is 10.1. The molecule has 170 valence electrons. The zero-order valence-electron chi connectivity index (χ0n) is 18.1. The normalized spacial score (nSPS) is 11.1. The molecule has 1 atom stereocenters. The second kappa shape index (κ2) is 14.9. The number of amides is 2. The van der Waals surface area contributed by atoms with E-state index in [0.717, 1.165) is 25.1 Å². The fourth-order valence-electron chi connectivity index (χ4n) is 3.16. The van der Waals surface area contributed by atoms with Crippen molar-refractivity contribution in [2.24, 2.45) is 0 Å². The van der Waals surface area contributed by atoms with Crippen molar-refractivity contribution in [3.8, 4) is 5.75 Å². The van der Waals surface area contributed by atoms with Crippen molar-refractivity contribution >= 4 is 12.3 Å². The molecule has 0 aliphatic heterocycles. The van der Waals surface area contributed by atoms with Gasteiger partial charge in [0, 0.05) is 45.8 Å². The van der Waals surface area contributed by atoms with Crippen LogP contribution in [-0.2, 0) is 22.6 Å². The predicted octanol–water partition coefficient (Wildman–Crippen LogP) is 1.83. The van der Waals surface area contributed by atoms with Gasteiger partial charge >= 0.3 is 0 Å². The van der Waals surface area contributed by atoms with E-state index in [1.165, 1.54) is 19.1 Å². The van der Waals surface area contributed by atoms with Crippen molar-refractivity contribution in [3.63, 3.8) is 0 Å². The van der Waals surface area contributed by atoms with Gasteiger partial charge in [-0.1, -0.05) is 30.3 Å². The molecule has 2 amide bonds. The number of carbonyl (C=O) groups excluding carboxylic acids is 2. The lowest BCUT2D eigenvalue weighted by atomic mass is 10.0. The Balaban J connectivity index is 0.00000233. The Hall–Kier alpha value is -2.97. The number of halogens is 1. The molecule has 0 saturated carbocycles. The van der Waals surface area contributed by atoms with Crippen LogP contribution in [0, 0.1) is 5.82 Å². The summed E-state index contributed by atoms with van der Waals surface area (Å²) in [5.41, 5.74) is 1.69. The Morgan fingerprint density at radius 3 is 2.45 bits per heavy atom. The molecule has 8 heteroatoms. The van der Waals surface area contributed by atoms with Gasteiger partial charge in [-0.25, -0.2) is 4.39 Å². The van der Waals surface area contributed by atoms with Crippen molar-refractivity contribution < 1.29 is 24.2 Å². The maximum absolute atomic E-state index is 13.5. The Labute approximate surface area is 182 Å². The molecule has 0 aromatic heterocycles. The summed E-state index contributed by atoms with van der Waals surface area (Å²) in [5.74, 6) is -0.801. The summed E-state index contributed by atoms with van der Waals surface area (Å²) in [6, 6.07) is 13.5. The lowest BCUT2D eigenvalue weighted by Crippen LogP contribution is -2.38. The number of aliphatic hydroxyl groups excluding tert-OH is 1. The van der Waals surface area contributed by atoms with E-state index in [0.29, 0.717) is 44.6 Å². The number of nitrogens with one attached hydrogen (secondary N) is 2. The summed E-state index contributed by atoms with van der Waals surface area (Å²) < 4.78 is 13.5. The van der Waals surface area contributed by atoms with E-state index < -0.39 is 5.82 Å². The summed E-state index contributed by atoms with van der Waals surface area (Å²) in [6.45, 7) is 3.82. The molecule has 0 bridgehead atoms. The first-order valence-corrected chi connectivity index (χ1v) is 10.1. The van der Waals surface area contributed by atoms with Crippen LogP contribution in [0.4, 0.5) is 4.39 Å². The third-order valence-corrected chi connectivity index (χ3v) is 4.45. The smallest absolute Gasteiger partial charge is 0.217 e. The van der Waals surface area contributed by atoms with E-state index in [1.807, 2.05) is 30.3 Å². The van der Waals surface area contributed by atoms with Crippen molar-refractivity contribution in [3.05, 3.63) is 65.5 Å². The minimum Gasteiger partial charge on any atom is -0.508 e. The molecule has 2 aromatic rings. The highest BCUT2D eigenvalue weighted by atomic mass is 19.1. The third kappa shape index (κ3) is 11.1. The molecule has 0 fully saturated rings. The number of nitrogens with zero attached hydrogens (tertiary/aromatic N) is 1. The van der Waals surface area contributed by atoms with Crippen LogP contribution in [-0.4, -0.2) is 60.2 Å². The van der Waals surface area contributed by atoms with E-state index >= 15 is 0 Å². The van der Waals surface area contributed by atoms with Crippen molar-refractivity contribution in [1.29, 1.82) is 0 Å². The van der Waals surface area contributed by atoms with Gasteiger partial charge in [0.05, 0.1) is 0 Å². The van der Waals surface area contributed by atoms with Crippen LogP contribution in [0.25, 0.3) is 0 Å². The molecule has 0 aliphatic carbocycles. The topological polar surface area (TPSA) is 102 Å². The van der Waals surface area contributed by atoms with Crippen LogP contribution in [0.5, 0.6) is 5.75 Å². The largest absolute Gasteiger partial charge is 0.508 e. The van der Waals surface area contributed by atoms with E-state index in [4.69, 9.17) is 5.11 Å². The van der Waals surface area contributed by atoms with Crippen molar-refractivity contribution in [1.82, 2.24) is 15.5 Å². The molecule has 7 nitrogen and oxygen atoms in total. The number of hydrogen-bond acceptors (Lipinski definition) is 5. The zero-order valence-corrected chi connectivity index (χ0v) is 18.1. The van der Waals surface area contributed by atoms with Gasteiger partial charge in [0.1, 0.15) is 11.6 Å². The summed E-state index contributed by atoms with van der Waals surface area (Å²) in [4.78, 5) is 24.4. The first kappa shape index (κ1) is 26.1. The molecule has 0 aliphatic rings.